The number of amides is 1. The zero-order valence-electron chi connectivity index (χ0n) is 13.3. The molecule has 1 aromatic carbocycles. The van der Waals surface area contributed by atoms with Crippen molar-refractivity contribution in [3.63, 3.8) is 0 Å². The summed E-state index contributed by atoms with van der Waals surface area (Å²) in [5, 5.41) is 7.68. The molecule has 1 aromatic heterocycles. The van der Waals surface area contributed by atoms with E-state index in [1.165, 1.54) is 0 Å². The molecule has 1 amide bonds. The summed E-state index contributed by atoms with van der Waals surface area (Å²) in [6.45, 7) is 4.68. The van der Waals surface area contributed by atoms with Gasteiger partial charge in [0.15, 0.2) is 0 Å². The smallest absolute Gasteiger partial charge is 0.223 e. The van der Waals surface area contributed by atoms with Crippen molar-refractivity contribution in [3.8, 4) is 5.69 Å². The molecule has 0 bridgehead atoms. The van der Waals surface area contributed by atoms with E-state index in [2.05, 4.69) is 17.3 Å². The summed E-state index contributed by atoms with van der Waals surface area (Å²) in [5.74, 6) is 0.237. The van der Waals surface area contributed by atoms with E-state index in [1.54, 1.807) is 0 Å². The highest BCUT2D eigenvalue weighted by Gasteiger charge is 2.22. The van der Waals surface area contributed by atoms with Crippen LogP contribution in [0.1, 0.15) is 18.9 Å². The topological polar surface area (TPSA) is 50.2 Å². The van der Waals surface area contributed by atoms with Gasteiger partial charge in [-0.2, -0.15) is 5.10 Å². The normalized spacial score (nSPS) is 17.6. The lowest BCUT2D eigenvalue weighted by molar-refractivity contribution is -0.133. The molecule has 2 heterocycles. The number of aryl methyl sites for hydroxylation is 1. The predicted molar refractivity (Wildman–Crippen MR) is 93.2 cm³/mol. The van der Waals surface area contributed by atoms with Crippen LogP contribution in [0.15, 0.2) is 42.7 Å². The summed E-state index contributed by atoms with van der Waals surface area (Å²) in [7, 11) is 0. The number of para-hydroxylation sites is 1. The van der Waals surface area contributed by atoms with E-state index >= 15 is 0 Å². The van der Waals surface area contributed by atoms with Gasteiger partial charge < -0.3 is 10.2 Å². The zero-order valence-corrected chi connectivity index (χ0v) is 14.1. The van der Waals surface area contributed by atoms with Crippen LogP contribution in [0.3, 0.4) is 0 Å². The minimum Gasteiger partial charge on any atom is -0.337 e. The summed E-state index contributed by atoms with van der Waals surface area (Å²) in [4.78, 5) is 14.3. The molecular weight excluding hydrogens is 312 g/mol. The molecule has 1 fully saturated rings. The highest BCUT2D eigenvalue weighted by Crippen LogP contribution is 2.11. The number of halogens is 1. The molecule has 0 unspecified atom stereocenters. The first-order valence-electron chi connectivity index (χ1n) is 7.83. The lowest BCUT2D eigenvalue weighted by atomic mass is 10.1. The van der Waals surface area contributed by atoms with Crippen LogP contribution in [0.5, 0.6) is 0 Å². The van der Waals surface area contributed by atoms with Gasteiger partial charge in [-0.1, -0.05) is 18.2 Å². The molecule has 5 nitrogen and oxygen atoms in total. The van der Waals surface area contributed by atoms with Crippen LogP contribution in [0.25, 0.3) is 5.69 Å². The molecule has 1 atom stereocenters. The third-order valence-corrected chi connectivity index (χ3v) is 4.11. The summed E-state index contributed by atoms with van der Waals surface area (Å²) in [6.07, 6.45) is 5.14. The fourth-order valence-electron chi connectivity index (χ4n) is 2.82. The number of hydrogen-bond acceptors (Lipinski definition) is 3. The van der Waals surface area contributed by atoms with Crippen molar-refractivity contribution in [2.45, 2.75) is 25.8 Å². The quantitative estimate of drug-likeness (QED) is 0.931. The molecule has 1 aliphatic heterocycles. The van der Waals surface area contributed by atoms with Gasteiger partial charge >= 0.3 is 0 Å². The minimum absolute atomic E-state index is 0. The van der Waals surface area contributed by atoms with Gasteiger partial charge in [0.05, 0.1) is 11.9 Å². The summed E-state index contributed by atoms with van der Waals surface area (Å²) in [5.41, 5.74) is 2.13. The van der Waals surface area contributed by atoms with Crippen LogP contribution in [-0.2, 0) is 11.2 Å². The number of carbonyl (C=O) groups is 1. The Kier molecular flexibility index (Phi) is 6.19. The van der Waals surface area contributed by atoms with Gasteiger partial charge in [-0.3, -0.25) is 4.79 Å². The number of piperazine rings is 1. The van der Waals surface area contributed by atoms with E-state index in [9.17, 15) is 4.79 Å². The van der Waals surface area contributed by atoms with Crippen molar-refractivity contribution in [3.05, 3.63) is 48.3 Å². The highest BCUT2D eigenvalue weighted by atomic mass is 35.5. The Morgan fingerprint density at radius 1 is 1.35 bits per heavy atom. The maximum atomic E-state index is 12.3. The average Bonchev–Trinajstić information content (AvgIpc) is 3.03. The number of benzene rings is 1. The standard InChI is InChI=1S/C17H22N4O.ClH/c1-14-11-18-9-10-20(14)17(22)8-7-15-12-19-21(13-15)16-5-3-2-4-6-16;/h2-6,12-14,18H,7-11H2,1H3;1H/t14-;/m1./s1. The molecule has 0 spiro atoms. The van der Waals surface area contributed by atoms with Crippen molar-refractivity contribution in [1.82, 2.24) is 20.0 Å². The van der Waals surface area contributed by atoms with Crippen LogP contribution in [-0.4, -0.2) is 46.3 Å². The number of rotatable bonds is 4. The molecule has 0 radical (unpaired) electrons. The molecule has 124 valence electrons. The number of nitrogens with zero attached hydrogens (tertiary/aromatic N) is 3. The molecule has 3 rings (SSSR count). The van der Waals surface area contributed by atoms with Crippen LogP contribution in [0, 0.1) is 0 Å². The lowest BCUT2D eigenvalue weighted by Crippen LogP contribution is -2.52. The van der Waals surface area contributed by atoms with Gasteiger partial charge in [0.2, 0.25) is 5.91 Å². The second-order valence-corrected chi connectivity index (χ2v) is 5.77. The largest absolute Gasteiger partial charge is 0.337 e. The van der Waals surface area contributed by atoms with E-state index < -0.39 is 0 Å². The first-order chi connectivity index (χ1) is 10.7. The third-order valence-electron chi connectivity index (χ3n) is 4.11. The van der Waals surface area contributed by atoms with Crippen molar-refractivity contribution in [2.24, 2.45) is 0 Å². The van der Waals surface area contributed by atoms with Crippen LogP contribution < -0.4 is 5.32 Å². The summed E-state index contributed by atoms with van der Waals surface area (Å²) < 4.78 is 1.85. The van der Waals surface area contributed by atoms with E-state index in [4.69, 9.17) is 0 Å². The number of nitrogens with one attached hydrogen (secondary N) is 1. The molecular formula is C17H23ClN4O. The first kappa shape index (κ1) is 17.5. The predicted octanol–water partition coefficient (Wildman–Crippen LogP) is 2.05. The average molecular weight is 335 g/mol. The van der Waals surface area contributed by atoms with Crippen molar-refractivity contribution < 1.29 is 4.79 Å². The summed E-state index contributed by atoms with van der Waals surface area (Å²) in [6, 6.07) is 10.3. The Hall–Kier alpha value is -1.85. The van der Waals surface area contributed by atoms with Crippen molar-refractivity contribution in [2.75, 3.05) is 19.6 Å². The van der Waals surface area contributed by atoms with Crippen molar-refractivity contribution in [1.29, 1.82) is 0 Å². The van der Waals surface area contributed by atoms with Crippen molar-refractivity contribution >= 4 is 18.3 Å². The lowest BCUT2D eigenvalue weighted by Gasteiger charge is -2.34. The molecule has 0 saturated carbocycles. The van der Waals surface area contributed by atoms with Gasteiger partial charge in [-0.25, -0.2) is 4.68 Å². The zero-order chi connectivity index (χ0) is 15.4. The van der Waals surface area contributed by atoms with Gasteiger partial charge in [0, 0.05) is 38.3 Å². The SMILES string of the molecule is C[C@@H]1CNCCN1C(=O)CCc1cnn(-c2ccccc2)c1.Cl. The summed E-state index contributed by atoms with van der Waals surface area (Å²) >= 11 is 0. The maximum Gasteiger partial charge on any atom is 0.223 e. The number of aromatic nitrogens is 2. The maximum absolute atomic E-state index is 12.3. The van der Waals surface area contributed by atoms with Gasteiger partial charge in [0.25, 0.3) is 0 Å². The third kappa shape index (κ3) is 4.33. The Morgan fingerprint density at radius 2 is 2.13 bits per heavy atom. The fourth-order valence-corrected chi connectivity index (χ4v) is 2.82. The molecule has 6 heteroatoms. The minimum atomic E-state index is 0. The number of hydrogen-bond donors (Lipinski definition) is 1. The Balaban J connectivity index is 0.00000192. The first-order valence-corrected chi connectivity index (χ1v) is 7.83. The van der Waals surface area contributed by atoms with Crippen LogP contribution >= 0.6 is 12.4 Å². The highest BCUT2D eigenvalue weighted by molar-refractivity contribution is 5.85. The van der Waals surface area contributed by atoms with Gasteiger partial charge in [0.1, 0.15) is 0 Å². The van der Waals surface area contributed by atoms with E-state index in [1.807, 2.05) is 52.3 Å². The molecule has 1 saturated heterocycles. The molecule has 1 N–H and O–H groups in total. The Morgan fingerprint density at radius 3 is 2.87 bits per heavy atom. The number of carbonyl (C=O) groups excluding carboxylic acids is 1. The van der Waals surface area contributed by atoms with E-state index in [-0.39, 0.29) is 24.4 Å². The monoisotopic (exact) mass is 334 g/mol. The van der Waals surface area contributed by atoms with Crippen LogP contribution in [0.4, 0.5) is 0 Å². The van der Waals surface area contributed by atoms with E-state index in [0.29, 0.717) is 6.42 Å². The molecule has 2 aromatic rings. The second-order valence-electron chi connectivity index (χ2n) is 5.77. The van der Waals surface area contributed by atoms with Gasteiger partial charge in [-0.05, 0) is 31.0 Å². The molecule has 0 aliphatic carbocycles. The second kappa shape index (κ2) is 8.13. The molecule has 23 heavy (non-hydrogen) atoms. The van der Waals surface area contributed by atoms with E-state index in [0.717, 1.165) is 37.3 Å². The Labute approximate surface area is 143 Å². The van der Waals surface area contributed by atoms with Gasteiger partial charge in [-0.15, -0.1) is 12.4 Å². The molecule has 1 aliphatic rings. The van der Waals surface area contributed by atoms with Crippen LogP contribution in [0.2, 0.25) is 0 Å². The Bertz CT molecular complexity index is 629. The fraction of sp³-hybridized carbons (Fsp3) is 0.412.